The lowest BCUT2D eigenvalue weighted by molar-refractivity contribution is -0.116. The minimum atomic E-state index is -0.378. The third kappa shape index (κ3) is 3.82. The van der Waals surface area contributed by atoms with E-state index in [0.29, 0.717) is 39.6 Å². The van der Waals surface area contributed by atoms with Crippen molar-refractivity contribution in [1.82, 2.24) is 9.88 Å². The molecule has 33 heavy (non-hydrogen) atoms. The standard InChI is InChI=1S/C25H19N3O5/c1-32-17-6-4-5-15(13-17)23-27-20-10-9-16(14-21(20)33-23)26-22(29)11-12-28-24(30)18-7-2-3-8-19(18)25(28)31/h2-10,13-14H,11-12H2,1H3,(H,26,29). The Labute approximate surface area is 188 Å². The Morgan fingerprint density at radius 1 is 1.00 bits per heavy atom. The lowest BCUT2D eigenvalue weighted by Crippen LogP contribution is -2.32. The highest BCUT2D eigenvalue weighted by atomic mass is 16.5. The third-order valence-corrected chi connectivity index (χ3v) is 5.43. The summed E-state index contributed by atoms with van der Waals surface area (Å²) in [6.07, 6.45) is -0.0189. The Balaban J connectivity index is 1.26. The molecule has 0 bridgehead atoms. The van der Waals surface area contributed by atoms with Gasteiger partial charge in [0.1, 0.15) is 11.3 Å². The zero-order chi connectivity index (χ0) is 22.9. The first-order chi connectivity index (χ1) is 16.0. The molecular formula is C25H19N3O5. The van der Waals surface area contributed by atoms with Crippen molar-refractivity contribution in [2.24, 2.45) is 0 Å². The summed E-state index contributed by atoms with van der Waals surface area (Å²) in [5.41, 5.74) is 3.21. The van der Waals surface area contributed by atoms with Crippen LogP contribution in [0.3, 0.4) is 0 Å². The molecule has 1 N–H and O–H groups in total. The van der Waals surface area contributed by atoms with Crippen LogP contribution in [0.15, 0.2) is 71.1 Å². The molecule has 0 radical (unpaired) electrons. The van der Waals surface area contributed by atoms with Crippen molar-refractivity contribution in [3.63, 3.8) is 0 Å². The maximum atomic E-state index is 12.5. The van der Waals surface area contributed by atoms with Crippen LogP contribution in [-0.2, 0) is 4.79 Å². The summed E-state index contributed by atoms with van der Waals surface area (Å²) in [5.74, 6) is 0.0605. The Morgan fingerprint density at radius 3 is 2.48 bits per heavy atom. The molecular weight excluding hydrogens is 422 g/mol. The first-order valence-corrected chi connectivity index (χ1v) is 10.3. The van der Waals surface area contributed by atoms with Gasteiger partial charge in [-0.25, -0.2) is 4.98 Å². The molecule has 2 heterocycles. The van der Waals surface area contributed by atoms with Gasteiger partial charge in [0.2, 0.25) is 11.8 Å². The van der Waals surface area contributed by atoms with E-state index in [0.717, 1.165) is 10.5 Å². The average molecular weight is 441 g/mol. The van der Waals surface area contributed by atoms with Gasteiger partial charge in [-0.1, -0.05) is 18.2 Å². The monoisotopic (exact) mass is 441 g/mol. The topological polar surface area (TPSA) is 102 Å². The number of amides is 3. The number of benzene rings is 3. The second-order valence-electron chi connectivity index (χ2n) is 7.54. The first kappa shape index (κ1) is 20.4. The molecule has 0 unspecified atom stereocenters. The van der Waals surface area contributed by atoms with Crippen molar-refractivity contribution in [3.05, 3.63) is 77.9 Å². The average Bonchev–Trinajstić information content (AvgIpc) is 3.37. The molecule has 0 spiro atoms. The van der Waals surface area contributed by atoms with E-state index in [-0.39, 0.29) is 30.7 Å². The van der Waals surface area contributed by atoms with Crippen LogP contribution in [-0.4, -0.2) is 41.3 Å². The van der Waals surface area contributed by atoms with Crippen LogP contribution in [0, 0.1) is 0 Å². The molecule has 1 aromatic heterocycles. The fourth-order valence-corrected chi connectivity index (χ4v) is 3.76. The largest absolute Gasteiger partial charge is 0.497 e. The molecule has 0 atom stereocenters. The van der Waals surface area contributed by atoms with Gasteiger partial charge in [-0.3, -0.25) is 19.3 Å². The summed E-state index contributed by atoms with van der Waals surface area (Å²) in [7, 11) is 1.59. The number of rotatable bonds is 6. The van der Waals surface area contributed by atoms with Gasteiger partial charge in [-0.15, -0.1) is 0 Å². The number of methoxy groups -OCH3 is 1. The number of ether oxygens (including phenoxy) is 1. The van der Waals surface area contributed by atoms with Crippen LogP contribution in [0.4, 0.5) is 5.69 Å². The van der Waals surface area contributed by atoms with E-state index in [4.69, 9.17) is 9.15 Å². The minimum absolute atomic E-state index is 0.00270. The summed E-state index contributed by atoms with van der Waals surface area (Å²) in [4.78, 5) is 42.9. The highest BCUT2D eigenvalue weighted by molar-refractivity contribution is 6.21. The van der Waals surface area contributed by atoms with Gasteiger partial charge in [-0.2, -0.15) is 0 Å². The highest BCUT2D eigenvalue weighted by Gasteiger charge is 2.34. The maximum absolute atomic E-state index is 12.5. The number of carbonyl (C=O) groups is 3. The number of hydrogen-bond donors (Lipinski definition) is 1. The van der Waals surface area contributed by atoms with Gasteiger partial charge in [0.05, 0.1) is 18.2 Å². The number of aromatic nitrogens is 1. The Morgan fingerprint density at radius 2 is 1.76 bits per heavy atom. The molecule has 1 aliphatic heterocycles. The number of hydrogen-bond acceptors (Lipinski definition) is 6. The van der Waals surface area contributed by atoms with E-state index in [1.165, 1.54) is 0 Å². The molecule has 0 saturated carbocycles. The highest BCUT2D eigenvalue weighted by Crippen LogP contribution is 2.28. The number of imide groups is 1. The second kappa shape index (κ2) is 8.23. The SMILES string of the molecule is COc1cccc(-c2nc3ccc(NC(=O)CCN4C(=O)c5ccccc5C4=O)cc3o2)c1. The summed E-state index contributed by atoms with van der Waals surface area (Å²) in [5, 5.41) is 2.78. The predicted octanol–water partition coefficient (Wildman–Crippen LogP) is 4.13. The van der Waals surface area contributed by atoms with Gasteiger partial charge in [0.25, 0.3) is 11.8 Å². The lowest BCUT2D eigenvalue weighted by atomic mass is 10.1. The molecule has 8 heteroatoms. The second-order valence-corrected chi connectivity index (χ2v) is 7.54. The Hall–Kier alpha value is -4.46. The normalized spacial score (nSPS) is 12.8. The number of fused-ring (bicyclic) bond motifs is 2. The molecule has 3 aromatic carbocycles. The molecule has 5 rings (SSSR count). The van der Waals surface area contributed by atoms with Crippen molar-refractivity contribution in [3.8, 4) is 17.2 Å². The van der Waals surface area contributed by atoms with Crippen molar-refractivity contribution >= 4 is 34.5 Å². The van der Waals surface area contributed by atoms with Crippen LogP contribution in [0.5, 0.6) is 5.75 Å². The summed E-state index contributed by atoms with van der Waals surface area (Å²) in [6.45, 7) is 0.00270. The van der Waals surface area contributed by atoms with Gasteiger partial charge in [-0.05, 0) is 42.5 Å². The van der Waals surface area contributed by atoms with E-state index in [1.54, 1.807) is 49.6 Å². The van der Waals surface area contributed by atoms with Crippen LogP contribution in [0.1, 0.15) is 27.1 Å². The van der Waals surface area contributed by atoms with Crippen LogP contribution < -0.4 is 10.1 Å². The van der Waals surface area contributed by atoms with E-state index in [1.807, 2.05) is 24.3 Å². The number of nitrogens with one attached hydrogen (secondary N) is 1. The number of nitrogens with zero attached hydrogens (tertiary/aromatic N) is 2. The minimum Gasteiger partial charge on any atom is -0.497 e. The quantitative estimate of drug-likeness (QED) is 0.452. The molecule has 8 nitrogen and oxygen atoms in total. The maximum Gasteiger partial charge on any atom is 0.261 e. The van der Waals surface area contributed by atoms with E-state index in [9.17, 15) is 14.4 Å². The molecule has 3 amide bonds. The van der Waals surface area contributed by atoms with Crippen molar-refractivity contribution in [1.29, 1.82) is 0 Å². The first-order valence-electron chi connectivity index (χ1n) is 10.3. The van der Waals surface area contributed by atoms with E-state index in [2.05, 4.69) is 10.3 Å². The fourth-order valence-electron chi connectivity index (χ4n) is 3.76. The van der Waals surface area contributed by atoms with Gasteiger partial charge < -0.3 is 14.5 Å². The fraction of sp³-hybridized carbons (Fsp3) is 0.120. The van der Waals surface area contributed by atoms with Crippen LogP contribution >= 0.6 is 0 Å². The van der Waals surface area contributed by atoms with Crippen LogP contribution in [0.25, 0.3) is 22.6 Å². The Kier molecular flexibility index (Phi) is 5.10. The van der Waals surface area contributed by atoms with Crippen molar-refractivity contribution in [2.75, 3.05) is 19.0 Å². The predicted molar refractivity (Wildman–Crippen MR) is 121 cm³/mol. The summed E-state index contributed by atoms with van der Waals surface area (Å²) >= 11 is 0. The lowest BCUT2D eigenvalue weighted by Gasteiger charge is -2.13. The smallest absolute Gasteiger partial charge is 0.261 e. The van der Waals surface area contributed by atoms with Crippen molar-refractivity contribution < 1.29 is 23.5 Å². The summed E-state index contributed by atoms with van der Waals surface area (Å²) in [6, 6.07) is 19.2. The van der Waals surface area contributed by atoms with E-state index >= 15 is 0 Å². The Bertz CT molecular complexity index is 1370. The van der Waals surface area contributed by atoms with Crippen LogP contribution in [0.2, 0.25) is 0 Å². The third-order valence-electron chi connectivity index (χ3n) is 5.43. The zero-order valence-corrected chi connectivity index (χ0v) is 17.7. The molecule has 0 aliphatic carbocycles. The molecule has 0 fully saturated rings. The molecule has 1 aliphatic rings. The van der Waals surface area contributed by atoms with Gasteiger partial charge in [0.15, 0.2) is 5.58 Å². The van der Waals surface area contributed by atoms with Crippen molar-refractivity contribution in [2.45, 2.75) is 6.42 Å². The van der Waals surface area contributed by atoms with E-state index < -0.39 is 0 Å². The molecule has 0 saturated heterocycles. The van der Waals surface area contributed by atoms with Gasteiger partial charge >= 0.3 is 0 Å². The summed E-state index contributed by atoms with van der Waals surface area (Å²) < 4.78 is 11.1. The molecule has 164 valence electrons. The molecule has 4 aromatic rings. The number of carbonyl (C=O) groups excluding carboxylic acids is 3. The zero-order valence-electron chi connectivity index (χ0n) is 17.7. The number of oxazole rings is 1. The van der Waals surface area contributed by atoms with Gasteiger partial charge in [0, 0.05) is 30.3 Å². The number of anilines is 1.